The van der Waals surface area contributed by atoms with E-state index in [9.17, 15) is 9.90 Å². The minimum absolute atomic E-state index is 0.00176. The summed E-state index contributed by atoms with van der Waals surface area (Å²) in [6.45, 7) is 2.02. The Morgan fingerprint density at radius 2 is 2.21 bits per heavy atom. The molecule has 0 aromatic heterocycles. The van der Waals surface area contributed by atoms with Crippen LogP contribution in [0.25, 0.3) is 0 Å². The van der Waals surface area contributed by atoms with Crippen molar-refractivity contribution in [1.82, 2.24) is 0 Å². The minimum atomic E-state index is -0.00176. The number of phenols is 1. The lowest BCUT2D eigenvalue weighted by Gasteiger charge is -2.23. The van der Waals surface area contributed by atoms with Gasteiger partial charge in [-0.15, -0.1) is 0 Å². The van der Waals surface area contributed by atoms with Crippen molar-refractivity contribution in [3.63, 3.8) is 0 Å². The van der Waals surface area contributed by atoms with Crippen molar-refractivity contribution in [3.8, 4) is 5.75 Å². The lowest BCUT2D eigenvalue weighted by Crippen LogP contribution is -2.14. The highest BCUT2D eigenvalue weighted by Crippen LogP contribution is 2.40. The van der Waals surface area contributed by atoms with Crippen molar-refractivity contribution in [3.05, 3.63) is 28.3 Å². The second kappa shape index (κ2) is 3.28. The number of halogens is 1. The van der Waals surface area contributed by atoms with Crippen LogP contribution >= 0.6 is 11.6 Å². The topological polar surface area (TPSA) is 37.3 Å². The number of carbonyl (C=O) groups is 1. The van der Waals surface area contributed by atoms with Crippen molar-refractivity contribution < 1.29 is 9.90 Å². The molecule has 0 saturated heterocycles. The standard InChI is InChI=1S/C11H11ClO2/c1-6-2-4-8(13)11-9(14)5-3-7(12)10(6)11/h3,5-6,14H,2,4H2,1H3. The fourth-order valence-corrected chi connectivity index (χ4v) is 2.32. The van der Waals surface area contributed by atoms with Gasteiger partial charge in [0.1, 0.15) is 5.75 Å². The van der Waals surface area contributed by atoms with Crippen LogP contribution in [0, 0.1) is 0 Å². The third-order valence-electron chi connectivity index (χ3n) is 2.75. The van der Waals surface area contributed by atoms with Gasteiger partial charge in [0, 0.05) is 11.4 Å². The van der Waals surface area contributed by atoms with E-state index in [4.69, 9.17) is 11.6 Å². The quantitative estimate of drug-likeness (QED) is 0.715. The predicted octanol–water partition coefficient (Wildman–Crippen LogP) is 3.13. The van der Waals surface area contributed by atoms with Crippen molar-refractivity contribution in [2.24, 2.45) is 0 Å². The molecule has 1 aromatic rings. The van der Waals surface area contributed by atoms with Crippen LogP contribution in [0.1, 0.15) is 41.6 Å². The maximum Gasteiger partial charge on any atom is 0.166 e. The Morgan fingerprint density at radius 3 is 2.86 bits per heavy atom. The van der Waals surface area contributed by atoms with Crippen LogP contribution in [-0.2, 0) is 0 Å². The van der Waals surface area contributed by atoms with E-state index >= 15 is 0 Å². The molecule has 1 N–H and O–H groups in total. The summed E-state index contributed by atoms with van der Waals surface area (Å²) in [5, 5.41) is 10.2. The maximum atomic E-state index is 11.6. The summed E-state index contributed by atoms with van der Waals surface area (Å²) in [4.78, 5) is 11.6. The van der Waals surface area contributed by atoms with E-state index in [1.165, 1.54) is 6.07 Å². The molecule has 0 radical (unpaired) electrons. The monoisotopic (exact) mass is 210 g/mol. The summed E-state index contributed by atoms with van der Waals surface area (Å²) in [6, 6.07) is 3.13. The Kier molecular flexibility index (Phi) is 2.23. The molecule has 0 heterocycles. The first-order chi connectivity index (χ1) is 6.61. The fraction of sp³-hybridized carbons (Fsp3) is 0.364. The molecule has 1 atom stereocenters. The summed E-state index contributed by atoms with van der Waals surface area (Å²) < 4.78 is 0. The maximum absolute atomic E-state index is 11.6. The number of aromatic hydroxyl groups is 1. The molecule has 1 aromatic carbocycles. The first-order valence-electron chi connectivity index (χ1n) is 4.66. The normalized spacial score (nSPS) is 20.7. The average molecular weight is 211 g/mol. The van der Waals surface area contributed by atoms with Crippen LogP contribution in [-0.4, -0.2) is 10.9 Å². The molecular formula is C11H11ClO2. The number of ketones is 1. The summed E-state index contributed by atoms with van der Waals surface area (Å²) in [5.74, 6) is 0.307. The van der Waals surface area contributed by atoms with Crippen LogP contribution in [0.4, 0.5) is 0 Å². The molecule has 2 nitrogen and oxygen atoms in total. The van der Waals surface area contributed by atoms with Crippen molar-refractivity contribution in [2.75, 3.05) is 0 Å². The third-order valence-corrected chi connectivity index (χ3v) is 3.08. The van der Waals surface area contributed by atoms with E-state index in [0.717, 1.165) is 12.0 Å². The number of rotatable bonds is 0. The average Bonchev–Trinajstić information content (AvgIpc) is 2.16. The Hall–Kier alpha value is -1.02. The van der Waals surface area contributed by atoms with Gasteiger partial charge in [-0.25, -0.2) is 0 Å². The molecule has 0 spiro atoms. The molecule has 1 unspecified atom stereocenters. The highest BCUT2D eigenvalue weighted by molar-refractivity contribution is 6.32. The van der Waals surface area contributed by atoms with E-state index in [0.29, 0.717) is 17.0 Å². The van der Waals surface area contributed by atoms with E-state index in [-0.39, 0.29) is 17.5 Å². The predicted molar refractivity (Wildman–Crippen MR) is 55.1 cm³/mol. The molecule has 0 aliphatic heterocycles. The van der Waals surface area contributed by atoms with Crippen LogP contribution in [0.2, 0.25) is 5.02 Å². The summed E-state index contributed by atoms with van der Waals surface area (Å²) in [6.07, 6.45) is 1.32. The Balaban J connectivity index is 2.71. The van der Waals surface area contributed by atoms with Gasteiger partial charge in [0.15, 0.2) is 5.78 Å². The first kappa shape index (κ1) is 9.53. The Labute approximate surface area is 87.5 Å². The van der Waals surface area contributed by atoms with Crippen LogP contribution in [0.3, 0.4) is 0 Å². The van der Waals surface area contributed by atoms with Crippen molar-refractivity contribution >= 4 is 17.4 Å². The molecule has 0 fully saturated rings. The molecule has 0 saturated carbocycles. The highest BCUT2D eigenvalue weighted by Gasteiger charge is 2.27. The smallest absolute Gasteiger partial charge is 0.166 e. The minimum Gasteiger partial charge on any atom is -0.507 e. The molecular weight excluding hydrogens is 200 g/mol. The zero-order valence-electron chi connectivity index (χ0n) is 7.88. The lowest BCUT2D eigenvalue weighted by atomic mass is 9.83. The molecule has 1 aliphatic rings. The fourth-order valence-electron chi connectivity index (χ4n) is 1.97. The molecule has 2 rings (SSSR count). The molecule has 1 aliphatic carbocycles. The second-order valence-electron chi connectivity index (χ2n) is 3.72. The van der Waals surface area contributed by atoms with Gasteiger partial charge in [-0.3, -0.25) is 4.79 Å². The van der Waals surface area contributed by atoms with Gasteiger partial charge in [-0.1, -0.05) is 18.5 Å². The van der Waals surface area contributed by atoms with Crippen LogP contribution in [0.5, 0.6) is 5.75 Å². The van der Waals surface area contributed by atoms with E-state index in [1.807, 2.05) is 6.92 Å². The van der Waals surface area contributed by atoms with Crippen LogP contribution < -0.4 is 0 Å². The van der Waals surface area contributed by atoms with Gasteiger partial charge in [-0.05, 0) is 30.0 Å². The molecule has 0 amide bonds. The third kappa shape index (κ3) is 1.30. The summed E-state index contributed by atoms with van der Waals surface area (Å²) in [5.41, 5.74) is 1.24. The number of phenolic OH excluding ortho intramolecular Hbond substituents is 1. The lowest BCUT2D eigenvalue weighted by molar-refractivity contribution is 0.0965. The van der Waals surface area contributed by atoms with Crippen LogP contribution in [0.15, 0.2) is 12.1 Å². The molecule has 0 bridgehead atoms. The van der Waals surface area contributed by atoms with Gasteiger partial charge in [0.2, 0.25) is 0 Å². The molecule has 14 heavy (non-hydrogen) atoms. The van der Waals surface area contributed by atoms with Gasteiger partial charge in [0.05, 0.1) is 5.56 Å². The Bertz CT molecular complexity index is 399. The number of hydrogen-bond donors (Lipinski definition) is 1. The zero-order valence-corrected chi connectivity index (χ0v) is 8.64. The highest BCUT2D eigenvalue weighted by atomic mass is 35.5. The van der Waals surface area contributed by atoms with Gasteiger partial charge < -0.3 is 5.11 Å². The van der Waals surface area contributed by atoms with E-state index < -0.39 is 0 Å². The second-order valence-corrected chi connectivity index (χ2v) is 4.13. The number of carbonyl (C=O) groups excluding carboxylic acids is 1. The number of fused-ring (bicyclic) bond motifs is 1. The SMILES string of the molecule is CC1CCC(=O)c2c(O)ccc(Cl)c21. The number of benzene rings is 1. The van der Waals surface area contributed by atoms with Crippen molar-refractivity contribution in [1.29, 1.82) is 0 Å². The first-order valence-corrected chi connectivity index (χ1v) is 5.03. The number of Topliss-reactive ketones (excluding diaryl/α,β-unsaturated/α-hetero) is 1. The number of hydrogen-bond acceptors (Lipinski definition) is 2. The van der Waals surface area contributed by atoms with Crippen molar-refractivity contribution in [2.45, 2.75) is 25.7 Å². The Morgan fingerprint density at radius 1 is 1.50 bits per heavy atom. The largest absolute Gasteiger partial charge is 0.507 e. The van der Waals surface area contributed by atoms with Gasteiger partial charge >= 0.3 is 0 Å². The molecule has 74 valence electrons. The molecule has 3 heteroatoms. The van der Waals surface area contributed by atoms with Gasteiger partial charge in [0.25, 0.3) is 0 Å². The zero-order chi connectivity index (χ0) is 10.3. The summed E-state index contributed by atoms with van der Waals surface area (Å²) in [7, 11) is 0. The van der Waals surface area contributed by atoms with E-state index in [2.05, 4.69) is 0 Å². The van der Waals surface area contributed by atoms with E-state index in [1.54, 1.807) is 6.07 Å². The van der Waals surface area contributed by atoms with Gasteiger partial charge in [-0.2, -0.15) is 0 Å². The summed E-state index contributed by atoms with van der Waals surface area (Å²) >= 11 is 6.01.